The summed E-state index contributed by atoms with van der Waals surface area (Å²) in [5, 5.41) is 0. The quantitative estimate of drug-likeness (QED) is 0.835. The molecule has 2 N–H and O–H groups in total. The highest BCUT2D eigenvalue weighted by Crippen LogP contribution is 2.35. The van der Waals surface area contributed by atoms with E-state index in [0.29, 0.717) is 5.95 Å². The highest BCUT2D eigenvalue weighted by Gasteiger charge is 2.26. The van der Waals surface area contributed by atoms with E-state index in [2.05, 4.69) is 51.7 Å². The van der Waals surface area contributed by atoms with E-state index in [9.17, 15) is 0 Å². The van der Waals surface area contributed by atoms with Gasteiger partial charge in [-0.2, -0.15) is 0 Å². The maximum absolute atomic E-state index is 4.41. The standard InChI is InChI=1S/C18H27N5/c1-13-9-14(2)20-17(19-13)22-21-15-10-16(12-18(3,4)11-15)23-7-5-6-8-23/h9-11,21H,5-8,12H2,1-4H3,(H,19,20,22). The molecule has 2 heterocycles. The van der Waals surface area contributed by atoms with Crippen LogP contribution in [-0.2, 0) is 0 Å². The Morgan fingerprint density at radius 1 is 1.04 bits per heavy atom. The van der Waals surface area contributed by atoms with Gasteiger partial charge in [0, 0.05) is 30.2 Å². The molecule has 5 heteroatoms. The van der Waals surface area contributed by atoms with Gasteiger partial charge in [0.05, 0.1) is 5.70 Å². The molecular weight excluding hydrogens is 286 g/mol. The molecule has 0 atom stereocenters. The lowest BCUT2D eigenvalue weighted by Gasteiger charge is -2.33. The molecule has 23 heavy (non-hydrogen) atoms. The molecule has 0 amide bonds. The summed E-state index contributed by atoms with van der Waals surface area (Å²) in [6.07, 6.45) is 8.24. The molecule has 0 bridgehead atoms. The Bertz CT molecular complexity index is 619. The molecule has 0 saturated carbocycles. The van der Waals surface area contributed by atoms with Gasteiger partial charge in [0.15, 0.2) is 0 Å². The number of nitrogens with one attached hydrogen (secondary N) is 2. The van der Waals surface area contributed by atoms with Crippen molar-refractivity contribution in [3.8, 4) is 0 Å². The molecule has 1 fully saturated rings. The number of anilines is 1. The third-order valence-electron chi connectivity index (χ3n) is 4.32. The number of hydrazine groups is 1. The van der Waals surface area contributed by atoms with Gasteiger partial charge in [-0.15, -0.1) is 0 Å². The SMILES string of the molecule is Cc1cc(C)nc(NNC2=CC(C)(C)CC(N3CCCC3)=C2)n1. The lowest BCUT2D eigenvalue weighted by atomic mass is 9.83. The van der Waals surface area contributed by atoms with Crippen LogP contribution < -0.4 is 10.9 Å². The molecule has 1 aliphatic heterocycles. The van der Waals surface area contributed by atoms with E-state index in [1.807, 2.05) is 19.9 Å². The fourth-order valence-electron chi connectivity index (χ4n) is 3.40. The van der Waals surface area contributed by atoms with Crippen molar-refractivity contribution < 1.29 is 0 Å². The van der Waals surface area contributed by atoms with Crippen molar-refractivity contribution in [1.29, 1.82) is 0 Å². The molecule has 0 aromatic carbocycles. The van der Waals surface area contributed by atoms with Crippen LogP contribution in [0.3, 0.4) is 0 Å². The minimum atomic E-state index is 0.153. The first-order chi connectivity index (χ1) is 10.9. The van der Waals surface area contributed by atoms with Gasteiger partial charge in [-0.3, -0.25) is 10.9 Å². The average molecular weight is 313 g/mol. The molecule has 3 rings (SSSR count). The van der Waals surface area contributed by atoms with Crippen molar-refractivity contribution in [2.24, 2.45) is 5.41 Å². The number of aryl methyl sites for hydroxylation is 2. The highest BCUT2D eigenvalue weighted by atomic mass is 15.4. The Morgan fingerprint density at radius 2 is 1.70 bits per heavy atom. The molecule has 1 saturated heterocycles. The lowest BCUT2D eigenvalue weighted by Crippen LogP contribution is -2.30. The van der Waals surface area contributed by atoms with Gasteiger partial charge in [-0.05, 0) is 50.7 Å². The number of hydrogen-bond donors (Lipinski definition) is 2. The number of hydrogen-bond acceptors (Lipinski definition) is 5. The largest absolute Gasteiger partial charge is 0.375 e. The lowest BCUT2D eigenvalue weighted by molar-refractivity contribution is 0.346. The Hall–Kier alpha value is -2.04. The van der Waals surface area contributed by atoms with Crippen molar-refractivity contribution in [3.63, 3.8) is 0 Å². The van der Waals surface area contributed by atoms with E-state index in [1.165, 1.54) is 31.6 Å². The summed E-state index contributed by atoms with van der Waals surface area (Å²) in [7, 11) is 0. The van der Waals surface area contributed by atoms with Crippen LogP contribution in [0.25, 0.3) is 0 Å². The summed E-state index contributed by atoms with van der Waals surface area (Å²) in [5.41, 5.74) is 11.0. The second kappa shape index (κ2) is 6.22. The third-order valence-corrected chi connectivity index (χ3v) is 4.32. The summed E-state index contributed by atoms with van der Waals surface area (Å²) in [5.74, 6) is 0.614. The first kappa shape index (κ1) is 15.8. The number of rotatable bonds is 4. The van der Waals surface area contributed by atoms with Gasteiger partial charge in [-0.1, -0.05) is 19.9 Å². The van der Waals surface area contributed by atoms with E-state index in [4.69, 9.17) is 0 Å². The number of aromatic nitrogens is 2. The number of allylic oxidation sites excluding steroid dienone is 3. The van der Waals surface area contributed by atoms with Crippen LogP contribution in [0.15, 0.2) is 29.6 Å². The third kappa shape index (κ3) is 4.03. The summed E-state index contributed by atoms with van der Waals surface area (Å²) < 4.78 is 0. The summed E-state index contributed by atoms with van der Waals surface area (Å²) in [4.78, 5) is 11.3. The zero-order chi connectivity index (χ0) is 16.4. The maximum Gasteiger partial charge on any atom is 0.242 e. The van der Waals surface area contributed by atoms with Crippen LogP contribution in [0.1, 0.15) is 44.5 Å². The second-order valence-corrected chi connectivity index (χ2v) is 7.32. The minimum absolute atomic E-state index is 0.153. The van der Waals surface area contributed by atoms with Crippen molar-refractivity contribution in [1.82, 2.24) is 20.3 Å². The van der Waals surface area contributed by atoms with Crippen molar-refractivity contribution in [2.45, 2.75) is 47.0 Å². The van der Waals surface area contributed by atoms with Crippen LogP contribution in [0.5, 0.6) is 0 Å². The van der Waals surface area contributed by atoms with Crippen LogP contribution in [0.2, 0.25) is 0 Å². The molecule has 1 aromatic heterocycles. The Labute approximate surface area is 138 Å². The van der Waals surface area contributed by atoms with Gasteiger partial charge >= 0.3 is 0 Å². The fraction of sp³-hybridized carbons (Fsp3) is 0.556. The smallest absolute Gasteiger partial charge is 0.242 e. The van der Waals surface area contributed by atoms with Crippen LogP contribution in [0, 0.1) is 19.3 Å². The van der Waals surface area contributed by atoms with Gasteiger partial charge in [-0.25, -0.2) is 9.97 Å². The summed E-state index contributed by atoms with van der Waals surface area (Å²) in [6, 6.07) is 1.97. The number of nitrogens with zero attached hydrogens (tertiary/aromatic N) is 3. The van der Waals surface area contributed by atoms with Gasteiger partial charge < -0.3 is 4.90 Å². The maximum atomic E-state index is 4.41. The zero-order valence-electron chi connectivity index (χ0n) is 14.6. The van der Waals surface area contributed by atoms with Gasteiger partial charge in [0.2, 0.25) is 5.95 Å². The second-order valence-electron chi connectivity index (χ2n) is 7.32. The predicted molar refractivity (Wildman–Crippen MR) is 93.6 cm³/mol. The van der Waals surface area contributed by atoms with E-state index >= 15 is 0 Å². The molecule has 5 nitrogen and oxygen atoms in total. The van der Waals surface area contributed by atoms with Crippen LogP contribution >= 0.6 is 0 Å². The Kier molecular flexibility index (Phi) is 4.28. The molecule has 124 valence electrons. The van der Waals surface area contributed by atoms with E-state index in [-0.39, 0.29) is 5.41 Å². The van der Waals surface area contributed by atoms with Crippen LogP contribution in [0.4, 0.5) is 5.95 Å². The van der Waals surface area contributed by atoms with E-state index in [0.717, 1.165) is 23.5 Å². The van der Waals surface area contributed by atoms with Crippen LogP contribution in [-0.4, -0.2) is 28.0 Å². The summed E-state index contributed by atoms with van der Waals surface area (Å²) in [6.45, 7) is 10.9. The first-order valence-corrected chi connectivity index (χ1v) is 8.44. The Morgan fingerprint density at radius 3 is 2.35 bits per heavy atom. The van der Waals surface area contributed by atoms with Gasteiger partial charge in [0.25, 0.3) is 0 Å². The van der Waals surface area contributed by atoms with Crippen molar-refractivity contribution in [3.05, 3.63) is 41.0 Å². The predicted octanol–water partition coefficient (Wildman–Crippen LogP) is 3.30. The molecule has 1 aliphatic carbocycles. The topological polar surface area (TPSA) is 53.1 Å². The molecule has 0 radical (unpaired) electrons. The first-order valence-electron chi connectivity index (χ1n) is 8.44. The summed E-state index contributed by atoms with van der Waals surface area (Å²) >= 11 is 0. The average Bonchev–Trinajstić information content (AvgIpc) is 2.96. The van der Waals surface area contributed by atoms with Crippen molar-refractivity contribution in [2.75, 3.05) is 18.5 Å². The fourth-order valence-corrected chi connectivity index (χ4v) is 3.40. The van der Waals surface area contributed by atoms with Crippen molar-refractivity contribution >= 4 is 5.95 Å². The molecule has 0 unspecified atom stereocenters. The molecule has 2 aliphatic rings. The van der Waals surface area contributed by atoms with E-state index < -0.39 is 0 Å². The monoisotopic (exact) mass is 313 g/mol. The van der Waals surface area contributed by atoms with Gasteiger partial charge in [0.1, 0.15) is 0 Å². The molecular formula is C18H27N5. The normalized spacial score (nSPS) is 20.1. The molecule has 1 aromatic rings. The molecule has 0 spiro atoms. The number of likely N-dealkylation sites (tertiary alicyclic amines) is 1. The van der Waals surface area contributed by atoms with E-state index in [1.54, 1.807) is 0 Å². The zero-order valence-corrected chi connectivity index (χ0v) is 14.6. The Balaban J connectivity index is 1.73. The highest BCUT2D eigenvalue weighted by molar-refractivity contribution is 5.34. The minimum Gasteiger partial charge on any atom is -0.375 e.